The van der Waals surface area contributed by atoms with Gasteiger partial charge in [-0.1, -0.05) is 54.9 Å². The lowest BCUT2D eigenvalue weighted by Crippen LogP contribution is -2.03. The van der Waals surface area contributed by atoms with Crippen LogP contribution in [0.4, 0.5) is 0 Å². The van der Waals surface area contributed by atoms with E-state index in [0.717, 1.165) is 27.4 Å². The molecule has 0 saturated heterocycles. The van der Waals surface area contributed by atoms with Crippen molar-refractivity contribution in [2.75, 3.05) is 0 Å². The molecule has 6 heteroatoms. The molecule has 0 aliphatic heterocycles. The summed E-state index contributed by atoms with van der Waals surface area (Å²) in [5.41, 5.74) is 2.29. The van der Waals surface area contributed by atoms with Gasteiger partial charge in [0, 0.05) is 29.7 Å². The largest absolute Gasteiger partial charge is 0.309 e. The Labute approximate surface area is 150 Å². The summed E-state index contributed by atoms with van der Waals surface area (Å²) in [5.74, 6) is 2.58. The van der Waals surface area contributed by atoms with E-state index < -0.39 is 0 Å². The van der Waals surface area contributed by atoms with Crippen LogP contribution >= 0.6 is 23.1 Å². The highest BCUT2D eigenvalue weighted by Gasteiger charge is 2.23. The van der Waals surface area contributed by atoms with Crippen LogP contribution in [-0.4, -0.2) is 19.7 Å². The van der Waals surface area contributed by atoms with Gasteiger partial charge >= 0.3 is 0 Å². The zero-order valence-corrected chi connectivity index (χ0v) is 15.3. The minimum atomic E-state index is 0.598. The fourth-order valence-corrected chi connectivity index (χ4v) is 4.96. The van der Waals surface area contributed by atoms with Crippen molar-refractivity contribution < 1.29 is 0 Å². The molecule has 0 atom stereocenters. The summed E-state index contributed by atoms with van der Waals surface area (Å²) in [5, 5.41) is 13.0. The average molecular weight is 357 g/mol. The number of aromatic nitrogens is 4. The Kier molecular flexibility index (Phi) is 4.67. The van der Waals surface area contributed by atoms with Crippen molar-refractivity contribution in [3.63, 3.8) is 0 Å². The molecule has 1 saturated carbocycles. The summed E-state index contributed by atoms with van der Waals surface area (Å²) < 4.78 is 2.17. The third-order valence-corrected chi connectivity index (χ3v) is 6.50. The maximum absolute atomic E-state index is 4.75. The van der Waals surface area contributed by atoms with E-state index >= 15 is 0 Å². The first kappa shape index (κ1) is 15.8. The molecule has 24 heavy (non-hydrogen) atoms. The molecule has 0 spiro atoms. The van der Waals surface area contributed by atoms with Crippen molar-refractivity contribution in [2.45, 2.75) is 42.5 Å². The number of rotatable bonds is 5. The molecule has 1 fully saturated rings. The number of hydrogen-bond acceptors (Lipinski definition) is 5. The van der Waals surface area contributed by atoms with Crippen molar-refractivity contribution in [1.29, 1.82) is 0 Å². The average Bonchev–Trinajstić information content (AvgIpc) is 3.35. The molecule has 1 aliphatic carbocycles. The normalized spacial score (nSPS) is 15.2. The van der Waals surface area contributed by atoms with Crippen molar-refractivity contribution >= 4 is 23.1 Å². The van der Waals surface area contributed by atoms with Gasteiger partial charge in [-0.05, 0) is 12.8 Å². The molecule has 1 aliphatic rings. The zero-order valence-electron chi connectivity index (χ0n) is 13.7. The molecule has 0 amide bonds. The molecule has 0 radical (unpaired) electrons. The summed E-state index contributed by atoms with van der Waals surface area (Å²) >= 11 is 3.42. The quantitative estimate of drug-likeness (QED) is 0.611. The van der Waals surface area contributed by atoms with Crippen LogP contribution in [0.15, 0.2) is 40.9 Å². The molecule has 3 aromatic rings. The monoisotopic (exact) mass is 356 g/mol. The van der Waals surface area contributed by atoms with Gasteiger partial charge in [-0.3, -0.25) is 0 Å². The first-order chi connectivity index (χ1) is 11.8. The fraction of sp³-hybridized carbons (Fsp3) is 0.389. The summed E-state index contributed by atoms with van der Waals surface area (Å²) in [6, 6.07) is 10.3. The van der Waals surface area contributed by atoms with E-state index in [1.54, 1.807) is 23.1 Å². The number of thiazole rings is 1. The predicted octanol–water partition coefficient (Wildman–Crippen LogP) is 4.89. The second kappa shape index (κ2) is 7.07. The van der Waals surface area contributed by atoms with Crippen LogP contribution in [0.2, 0.25) is 0 Å². The van der Waals surface area contributed by atoms with E-state index in [1.807, 2.05) is 6.07 Å². The Bertz CT molecular complexity index is 804. The Morgan fingerprint density at radius 3 is 2.75 bits per heavy atom. The summed E-state index contributed by atoms with van der Waals surface area (Å²) in [6.07, 6.45) is 5.15. The number of nitrogens with zero attached hydrogens (tertiary/aromatic N) is 4. The minimum Gasteiger partial charge on any atom is -0.309 e. The number of benzene rings is 1. The molecule has 2 aromatic heterocycles. The second-order valence-electron chi connectivity index (χ2n) is 6.18. The lowest BCUT2D eigenvalue weighted by molar-refractivity contribution is 0.616. The third kappa shape index (κ3) is 3.26. The van der Waals surface area contributed by atoms with E-state index in [-0.39, 0.29) is 0 Å². The van der Waals surface area contributed by atoms with Crippen LogP contribution in [0.3, 0.4) is 0 Å². The van der Waals surface area contributed by atoms with E-state index in [9.17, 15) is 0 Å². The van der Waals surface area contributed by atoms with Crippen molar-refractivity contribution in [2.24, 2.45) is 7.05 Å². The molecular formula is C18H20N4S2. The number of hydrogen-bond donors (Lipinski definition) is 0. The first-order valence-electron chi connectivity index (χ1n) is 8.33. The topological polar surface area (TPSA) is 43.6 Å². The summed E-state index contributed by atoms with van der Waals surface area (Å²) in [7, 11) is 2.09. The zero-order chi connectivity index (χ0) is 16.4. The highest BCUT2D eigenvalue weighted by Crippen LogP contribution is 2.34. The highest BCUT2D eigenvalue weighted by molar-refractivity contribution is 7.98. The van der Waals surface area contributed by atoms with Crippen LogP contribution in [0, 0.1) is 0 Å². The molecule has 0 unspecified atom stereocenters. The summed E-state index contributed by atoms with van der Waals surface area (Å²) in [4.78, 5) is 4.75. The van der Waals surface area contributed by atoms with Gasteiger partial charge in [0.25, 0.3) is 0 Å². The first-order valence-corrected chi connectivity index (χ1v) is 10.2. The minimum absolute atomic E-state index is 0.598. The fourth-order valence-electron chi connectivity index (χ4n) is 3.22. The molecule has 4 nitrogen and oxygen atoms in total. The Hall–Kier alpha value is -1.66. The summed E-state index contributed by atoms with van der Waals surface area (Å²) in [6.45, 7) is 0. The van der Waals surface area contributed by atoms with Gasteiger partial charge in [0.15, 0.2) is 5.16 Å². The molecule has 4 rings (SSSR count). The van der Waals surface area contributed by atoms with Crippen LogP contribution in [-0.2, 0) is 12.8 Å². The van der Waals surface area contributed by atoms with Gasteiger partial charge in [0.1, 0.15) is 10.8 Å². The third-order valence-electron chi connectivity index (χ3n) is 4.51. The van der Waals surface area contributed by atoms with Gasteiger partial charge in [-0.15, -0.1) is 21.5 Å². The van der Waals surface area contributed by atoms with E-state index in [2.05, 4.69) is 51.5 Å². The van der Waals surface area contributed by atoms with Crippen LogP contribution < -0.4 is 0 Å². The van der Waals surface area contributed by atoms with Gasteiger partial charge in [-0.2, -0.15) is 0 Å². The van der Waals surface area contributed by atoms with Gasteiger partial charge in [0.2, 0.25) is 0 Å². The molecule has 0 N–H and O–H groups in total. The van der Waals surface area contributed by atoms with Crippen LogP contribution in [0.1, 0.15) is 43.1 Å². The Morgan fingerprint density at radius 1 is 1.17 bits per heavy atom. The van der Waals surface area contributed by atoms with Crippen molar-refractivity contribution in [3.8, 4) is 10.6 Å². The molecule has 124 valence electrons. The van der Waals surface area contributed by atoms with E-state index in [0.29, 0.717) is 5.92 Å². The van der Waals surface area contributed by atoms with Crippen LogP contribution in [0.25, 0.3) is 10.6 Å². The second-order valence-corrected chi connectivity index (χ2v) is 7.98. The smallest absolute Gasteiger partial charge is 0.191 e. The van der Waals surface area contributed by atoms with Gasteiger partial charge in [0.05, 0.1) is 5.69 Å². The Balaban J connectivity index is 1.43. The lowest BCUT2D eigenvalue weighted by atomic mass is 10.1. The van der Waals surface area contributed by atoms with Crippen molar-refractivity contribution in [3.05, 3.63) is 47.2 Å². The predicted molar refractivity (Wildman–Crippen MR) is 99.3 cm³/mol. The maximum atomic E-state index is 4.75. The van der Waals surface area contributed by atoms with E-state index in [1.165, 1.54) is 31.2 Å². The van der Waals surface area contributed by atoms with Gasteiger partial charge in [-0.25, -0.2) is 4.98 Å². The maximum Gasteiger partial charge on any atom is 0.191 e. The SMILES string of the molecule is Cn1c(SCc2csc(-c3ccccc3)n2)nnc1C1CCCC1. The van der Waals surface area contributed by atoms with Gasteiger partial charge < -0.3 is 4.57 Å². The molecule has 1 aromatic carbocycles. The highest BCUT2D eigenvalue weighted by atomic mass is 32.2. The molecular weight excluding hydrogens is 336 g/mol. The lowest BCUT2D eigenvalue weighted by Gasteiger charge is -2.08. The van der Waals surface area contributed by atoms with Crippen LogP contribution in [0.5, 0.6) is 0 Å². The van der Waals surface area contributed by atoms with Crippen molar-refractivity contribution in [1.82, 2.24) is 19.7 Å². The molecule has 0 bridgehead atoms. The number of thioether (sulfide) groups is 1. The van der Waals surface area contributed by atoms with E-state index in [4.69, 9.17) is 4.98 Å². The molecule has 2 heterocycles. The standard InChI is InChI=1S/C18H20N4S2/c1-22-16(13-7-5-6-8-13)20-21-18(22)24-12-15-11-23-17(19-15)14-9-3-2-4-10-14/h2-4,9-11,13H,5-8,12H2,1H3. The Morgan fingerprint density at radius 2 is 1.96 bits per heavy atom.